The van der Waals surface area contributed by atoms with E-state index in [0.29, 0.717) is 12.0 Å². The lowest BCUT2D eigenvalue weighted by Crippen LogP contribution is -2.50. The fourth-order valence-electron chi connectivity index (χ4n) is 2.89. The number of ether oxygens (including phenoxy) is 2. The summed E-state index contributed by atoms with van der Waals surface area (Å²) in [7, 11) is 0. The Balaban J connectivity index is 1.86. The molecule has 5 heteroatoms. The third-order valence-corrected chi connectivity index (χ3v) is 3.67. The summed E-state index contributed by atoms with van der Waals surface area (Å²) in [5, 5.41) is 6.50. The van der Waals surface area contributed by atoms with Gasteiger partial charge in [0, 0.05) is 18.7 Å². The summed E-state index contributed by atoms with van der Waals surface area (Å²) >= 11 is 0. The minimum absolute atomic E-state index is 0.154. The molecule has 0 spiro atoms. The smallest absolute Gasteiger partial charge is 0.407 e. The van der Waals surface area contributed by atoms with Gasteiger partial charge in [-0.1, -0.05) is 0 Å². The van der Waals surface area contributed by atoms with E-state index in [4.69, 9.17) is 9.47 Å². The average Bonchev–Trinajstić information content (AvgIpc) is 2.75. The largest absolute Gasteiger partial charge is 0.444 e. The van der Waals surface area contributed by atoms with Crippen molar-refractivity contribution >= 4 is 6.09 Å². The minimum atomic E-state index is -0.445. The van der Waals surface area contributed by atoms with E-state index in [9.17, 15) is 4.79 Å². The van der Waals surface area contributed by atoms with E-state index in [1.165, 1.54) is 6.42 Å². The lowest BCUT2D eigenvalue weighted by molar-refractivity contribution is 0.0321. The predicted octanol–water partition coefficient (Wildman–Crippen LogP) is 1.67. The van der Waals surface area contributed by atoms with E-state index in [1.807, 2.05) is 20.8 Å². The molecule has 1 amide bonds. The maximum atomic E-state index is 11.9. The molecule has 2 N–H and O–H groups in total. The van der Waals surface area contributed by atoms with E-state index in [0.717, 1.165) is 32.6 Å². The number of nitrogens with one attached hydrogen (secondary N) is 2. The maximum Gasteiger partial charge on any atom is 0.407 e. The molecule has 0 aliphatic carbocycles. The van der Waals surface area contributed by atoms with Crippen LogP contribution in [0.5, 0.6) is 0 Å². The van der Waals surface area contributed by atoms with Gasteiger partial charge >= 0.3 is 6.09 Å². The van der Waals surface area contributed by atoms with Crippen molar-refractivity contribution in [3.05, 3.63) is 0 Å². The molecular weight excluding hydrogens is 244 g/mol. The lowest BCUT2D eigenvalue weighted by atomic mass is 9.90. The van der Waals surface area contributed by atoms with Crippen molar-refractivity contribution < 1.29 is 14.3 Å². The molecule has 0 saturated carbocycles. The van der Waals surface area contributed by atoms with Crippen molar-refractivity contribution in [2.24, 2.45) is 5.92 Å². The van der Waals surface area contributed by atoms with Crippen LogP contribution in [-0.2, 0) is 9.47 Å². The zero-order chi connectivity index (χ0) is 13.9. The first-order valence-corrected chi connectivity index (χ1v) is 7.26. The molecule has 2 saturated heterocycles. The maximum absolute atomic E-state index is 11.9. The Morgan fingerprint density at radius 3 is 2.79 bits per heavy atom. The molecular formula is C14H26N2O3. The average molecular weight is 270 g/mol. The number of rotatable bonds is 2. The van der Waals surface area contributed by atoms with Gasteiger partial charge in [-0.3, -0.25) is 0 Å². The molecule has 0 aromatic rings. The Morgan fingerprint density at radius 1 is 1.37 bits per heavy atom. The second-order valence-electron chi connectivity index (χ2n) is 6.50. The molecule has 2 aliphatic rings. The predicted molar refractivity (Wildman–Crippen MR) is 73.1 cm³/mol. The molecule has 0 bridgehead atoms. The molecule has 3 atom stereocenters. The molecule has 2 fully saturated rings. The third kappa shape index (κ3) is 4.35. The fourth-order valence-corrected chi connectivity index (χ4v) is 2.89. The summed E-state index contributed by atoms with van der Waals surface area (Å²) in [6, 6.07) is 0.467. The fraction of sp³-hybridized carbons (Fsp3) is 0.929. The molecule has 0 radical (unpaired) electrons. The number of hydrogen-bond acceptors (Lipinski definition) is 4. The number of hydrogen-bond donors (Lipinski definition) is 2. The summed E-state index contributed by atoms with van der Waals surface area (Å²) in [6.45, 7) is 8.25. The van der Waals surface area contributed by atoms with Crippen molar-refractivity contribution in [2.45, 2.75) is 57.7 Å². The quantitative estimate of drug-likeness (QED) is 0.801. The highest BCUT2D eigenvalue weighted by Gasteiger charge is 2.36. The molecule has 110 valence electrons. The monoisotopic (exact) mass is 270 g/mol. The highest BCUT2D eigenvalue weighted by atomic mass is 16.6. The third-order valence-electron chi connectivity index (χ3n) is 3.67. The van der Waals surface area contributed by atoms with Crippen LogP contribution in [0.2, 0.25) is 0 Å². The van der Waals surface area contributed by atoms with E-state index in [2.05, 4.69) is 10.6 Å². The molecule has 0 aromatic carbocycles. The van der Waals surface area contributed by atoms with Crippen LogP contribution in [0.1, 0.15) is 40.0 Å². The molecule has 2 rings (SSSR count). The Bertz CT molecular complexity index is 308. The first kappa shape index (κ1) is 14.6. The van der Waals surface area contributed by atoms with Crippen molar-refractivity contribution in [3.8, 4) is 0 Å². The van der Waals surface area contributed by atoms with Crippen LogP contribution < -0.4 is 10.6 Å². The standard InChI is InChI=1S/C14H26N2O3/c1-14(2,3)19-13(17)16-11-6-7-15-12(11)10-5-4-8-18-9-10/h10-12,15H,4-9H2,1-3H3,(H,16,17)/t10?,11-,12+/m1/s1. The highest BCUT2D eigenvalue weighted by Crippen LogP contribution is 2.24. The molecule has 0 aromatic heterocycles. The first-order valence-electron chi connectivity index (χ1n) is 7.26. The van der Waals surface area contributed by atoms with Crippen molar-refractivity contribution in [1.82, 2.24) is 10.6 Å². The summed E-state index contributed by atoms with van der Waals surface area (Å²) in [4.78, 5) is 11.9. The summed E-state index contributed by atoms with van der Waals surface area (Å²) in [5.74, 6) is 0.496. The van der Waals surface area contributed by atoms with Crippen molar-refractivity contribution in [2.75, 3.05) is 19.8 Å². The van der Waals surface area contributed by atoms with Gasteiger partial charge in [-0.25, -0.2) is 4.79 Å². The number of amides is 1. The van der Waals surface area contributed by atoms with Gasteiger partial charge in [-0.05, 0) is 52.5 Å². The van der Waals surface area contributed by atoms with E-state index >= 15 is 0 Å². The van der Waals surface area contributed by atoms with Crippen LogP contribution in [0, 0.1) is 5.92 Å². The van der Waals surface area contributed by atoms with Gasteiger partial charge in [0.1, 0.15) is 5.60 Å². The van der Waals surface area contributed by atoms with Crippen LogP contribution >= 0.6 is 0 Å². The Hall–Kier alpha value is -0.810. The zero-order valence-electron chi connectivity index (χ0n) is 12.2. The van der Waals surface area contributed by atoms with Crippen LogP contribution in [0.25, 0.3) is 0 Å². The van der Waals surface area contributed by atoms with Gasteiger partial charge in [0.15, 0.2) is 0 Å². The van der Waals surface area contributed by atoms with Crippen LogP contribution in [0.4, 0.5) is 4.79 Å². The molecule has 5 nitrogen and oxygen atoms in total. The second kappa shape index (κ2) is 6.09. The molecule has 19 heavy (non-hydrogen) atoms. The number of carbonyl (C=O) groups excluding carboxylic acids is 1. The van der Waals surface area contributed by atoms with Gasteiger partial charge in [0.05, 0.1) is 6.61 Å². The van der Waals surface area contributed by atoms with Crippen LogP contribution in [-0.4, -0.2) is 43.5 Å². The summed E-state index contributed by atoms with van der Waals surface area (Å²) in [5.41, 5.74) is -0.445. The topological polar surface area (TPSA) is 59.6 Å². The molecule has 1 unspecified atom stereocenters. The van der Waals surface area contributed by atoms with Gasteiger partial charge in [0.25, 0.3) is 0 Å². The molecule has 2 heterocycles. The Labute approximate surface area is 115 Å². The van der Waals surface area contributed by atoms with E-state index in [-0.39, 0.29) is 12.1 Å². The van der Waals surface area contributed by atoms with Crippen LogP contribution in [0.3, 0.4) is 0 Å². The Kier molecular flexibility index (Phi) is 4.68. The first-order chi connectivity index (χ1) is 8.96. The number of alkyl carbamates (subject to hydrolysis) is 1. The summed E-state index contributed by atoms with van der Waals surface area (Å²) in [6.07, 6.45) is 2.93. The SMILES string of the molecule is CC(C)(C)OC(=O)N[C@@H]1CCN[C@H]1C1CCCOC1. The normalized spacial score (nSPS) is 32.1. The van der Waals surface area contributed by atoms with E-state index in [1.54, 1.807) is 0 Å². The highest BCUT2D eigenvalue weighted by molar-refractivity contribution is 5.68. The van der Waals surface area contributed by atoms with Gasteiger partial charge in [0.2, 0.25) is 0 Å². The number of carbonyl (C=O) groups is 1. The summed E-state index contributed by atoms with van der Waals surface area (Å²) < 4.78 is 10.9. The Morgan fingerprint density at radius 2 is 2.16 bits per heavy atom. The van der Waals surface area contributed by atoms with E-state index < -0.39 is 5.60 Å². The second-order valence-corrected chi connectivity index (χ2v) is 6.50. The van der Waals surface area contributed by atoms with Crippen molar-refractivity contribution in [3.63, 3.8) is 0 Å². The lowest BCUT2D eigenvalue weighted by Gasteiger charge is -2.32. The van der Waals surface area contributed by atoms with Gasteiger partial charge in [-0.15, -0.1) is 0 Å². The zero-order valence-corrected chi connectivity index (χ0v) is 12.2. The van der Waals surface area contributed by atoms with Gasteiger partial charge < -0.3 is 20.1 Å². The minimum Gasteiger partial charge on any atom is -0.444 e. The van der Waals surface area contributed by atoms with Crippen LogP contribution in [0.15, 0.2) is 0 Å². The molecule has 2 aliphatic heterocycles. The van der Waals surface area contributed by atoms with Crippen molar-refractivity contribution in [1.29, 1.82) is 0 Å². The van der Waals surface area contributed by atoms with Gasteiger partial charge in [-0.2, -0.15) is 0 Å².